The van der Waals surface area contributed by atoms with E-state index in [9.17, 15) is 4.79 Å². The highest BCUT2D eigenvalue weighted by atomic mass is 16.2. The van der Waals surface area contributed by atoms with Crippen LogP contribution < -0.4 is 16.4 Å². The van der Waals surface area contributed by atoms with Crippen molar-refractivity contribution in [3.05, 3.63) is 35.4 Å². The minimum absolute atomic E-state index is 0.121. The zero-order chi connectivity index (χ0) is 10.9. The molecule has 1 saturated heterocycles. The van der Waals surface area contributed by atoms with Gasteiger partial charge >= 0.3 is 6.03 Å². The number of hydrogen-bond donors (Lipinski definition) is 3. The molecule has 0 radical (unpaired) electrons. The molecular weight excluding hydrogens is 190 g/mol. The van der Waals surface area contributed by atoms with Crippen molar-refractivity contribution in [2.24, 2.45) is 5.73 Å². The normalized spacial score (nSPS) is 24.8. The van der Waals surface area contributed by atoms with Crippen molar-refractivity contribution in [1.29, 1.82) is 0 Å². The molecule has 80 valence electrons. The Morgan fingerprint density at radius 2 is 2.20 bits per heavy atom. The Kier molecular flexibility index (Phi) is 2.36. The van der Waals surface area contributed by atoms with Crippen LogP contribution in [0, 0.1) is 0 Å². The Hall–Kier alpha value is -1.55. The van der Waals surface area contributed by atoms with E-state index >= 15 is 0 Å². The van der Waals surface area contributed by atoms with Gasteiger partial charge in [0.25, 0.3) is 0 Å². The second-order valence-corrected chi connectivity index (χ2v) is 4.00. The van der Waals surface area contributed by atoms with Gasteiger partial charge in [0, 0.05) is 13.1 Å². The fourth-order valence-corrected chi connectivity index (χ4v) is 2.00. The summed E-state index contributed by atoms with van der Waals surface area (Å²) in [6.45, 7) is 3.09. The zero-order valence-electron chi connectivity index (χ0n) is 8.71. The Balaban J connectivity index is 2.40. The first-order valence-corrected chi connectivity index (χ1v) is 5.00. The molecule has 0 aromatic heterocycles. The van der Waals surface area contributed by atoms with Gasteiger partial charge in [0.15, 0.2) is 0 Å². The lowest BCUT2D eigenvalue weighted by atomic mass is 9.89. The number of hydrogen-bond acceptors (Lipinski definition) is 2. The van der Waals surface area contributed by atoms with Crippen LogP contribution in [0.4, 0.5) is 4.79 Å². The molecule has 0 bridgehead atoms. The van der Waals surface area contributed by atoms with Crippen molar-refractivity contribution in [3.8, 4) is 0 Å². The maximum Gasteiger partial charge on any atom is 0.315 e. The van der Waals surface area contributed by atoms with Gasteiger partial charge in [-0.2, -0.15) is 0 Å². The lowest BCUT2D eigenvalue weighted by Crippen LogP contribution is -2.38. The summed E-state index contributed by atoms with van der Waals surface area (Å²) in [5.41, 5.74) is 7.50. The van der Waals surface area contributed by atoms with Crippen molar-refractivity contribution in [3.63, 3.8) is 0 Å². The number of nitrogens with one attached hydrogen (secondary N) is 2. The van der Waals surface area contributed by atoms with Crippen molar-refractivity contribution in [2.45, 2.75) is 19.0 Å². The summed E-state index contributed by atoms with van der Waals surface area (Å²) in [6, 6.07) is 7.80. The van der Waals surface area contributed by atoms with Crippen LogP contribution >= 0.6 is 0 Å². The quantitative estimate of drug-likeness (QED) is 0.664. The molecule has 2 amide bonds. The molecular formula is C11H15N3O. The van der Waals surface area contributed by atoms with Crippen LogP contribution in [-0.2, 0) is 12.1 Å². The molecule has 1 aliphatic heterocycles. The maximum absolute atomic E-state index is 11.2. The zero-order valence-corrected chi connectivity index (χ0v) is 8.71. The third kappa shape index (κ3) is 1.68. The summed E-state index contributed by atoms with van der Waals surface area (Å²) in [6.07, 6.45) is 0. The molecule has 2 rings (SSSR count). The SMILES string of the molecule is CC1(c2ccccc2CN)CNC(=O)N1. The summed E-state index contributed by atoms with van der Waals surface area (Å²) in [5, 5.41) is 5.68. The van der Waals surface area contributed by atoms with E-state index < -0.39 is 0 Å². The first-order valence-electron chi connectivity index (χ1n) is 5.00. The largest absolute Gasteiger partial charge is 0.335 e. The van der Waals surface area contributed by atoms with Crippen molar-refractivity contribution >= 4 is 6.03 Å². The fourth-order valence-electron chi connectivity index (χ4n) is 2.00. The van der Waals surface area contributed by atoms with Crippen LogP contribution in [0.3, 0.4) is 0 Å². The van der Waals surface area contributed by atoms with Crippen molar-refractivity contribution in [2.75, 3.05) is 6.54 Å². The molecule has 4 heteroatoms. The van der Waals surface area contributed by atoms with Gasteiger partial charge in [-0.3, -0.25) is 0 Å². The Morgan fingerprint density at radius 3 is 2.80 bits per heavy atom. The molecule has 0 saturated carbocycles. The third-order valence-corrected chi connectivity index (χ3v) is 2.82. The van der Waals surface area contributed by atoms with E-state index in [0.717, 1.165) is 11.1 Å². The molecule has 0 aliphatic carbocycles. The van der Waals surface area contributed by atoms with Crippen LogP contribution in [0.5, 0.6) is 0 Å². The maximum atomic E-state index is 11.2. The highest BCUT2D eigenvalue weighted by molar-refractivity contribution is 5.78. The van der Waals surface area contributed by atoms with Crippen LogP contribution in [0.2, 0.25) is 0 Å². The van der Waals surface area contributed by atoms with Gasteiger partial charge in [-0.1, -0.05) is 24.3 Å². The molecule has 1 heterocycles. The second kappa shape index (κ2) is 3.55. The summed E-state index contributed by atoms with van der Waals surface area (Å²) >= 11 is 0. The van der Waals surface area contributed by atoms with Gasteiger partial charge in [0.05, 0.1) is 5.54 Å². The molecule has 1 aromatic rings. The molecule has 15 heavy (non-hydrogen) atoms. The molecule has 1 atom stereocenters. The van der Waals surface area contributed by atoms with Crippen molar-refractivity contribution < 1.29 is 4.79 Å². The number of carbonyl (C=O) groups excluding carboxylic acids is 1. The van der Waals surface area contributed by atoms with E-state index in [4.69, 9.17) is 5.73 Å². The van der Waals surface area contributed by atoms with E-state index in [-0.39, 0.29) is 11.6 Å². The van der Waals surface area contributed by atoms with Gasteiger partial charge < -0.3 is 16.4 Å². The predicted molar refractivity (Wildman–Crippen MR) is 58.2 cm³/mol. The lowest BCUT2D eigenvalue weighted by Gasteiger charge is -2.25. The monoisotopic (exact) mass is 205 g/mol. The number of rotatable bonds is 2. The van der Waals surface area contributed by atoms with Crippen molar-refractivity contribution in [1.82, 2.24) is 10.6 Å². The van der Waals surface area contributed by atoms with E-state index in [2.05, 4.69) is 10.6 Å². The van der Waals surface area contributed by atoms with E-state index in [1.807, 2.05) is 31.2 Å². The topological polar surface area (TPSA) is 67.1 Å². The third-order valence-electron chi connectivity index (χ3n) is 2.82. The van der Waals surface area contributed by atoms with Crippen LogP contribution in [0.15, 0.2) is 24.3 Å². The number of amides is 2. The Morgan fingerprint density at radius 1 is 1.47 bits per heavy atom. The fraction of sp³-hybridized carbons (Fsp3) is 0.364. The second-order valence-electron chi connectivity index (χ2n) is 4.00. The van der Waals surface area contributed by atoms with Gasteiger partial charge in [-0.15, -0.1) is 0 Å². The van der Waals surface area contributed by atoms with Gasteiger partial charge in [-0.05, 0) is 18.1 Å². The first-order chi connectivity index (χ1) is 7.15. The van der Waals surface area contributed by atoms with Crippen LogP contribution in [-0.4, -0.2) is 12.6 Å². The minimum Gasteiger partial charge on any atom is -0.335 e. The first kappa shape index (κ1) is 9.98. The highest BCUT2D eigenvalue weighted by Gasteiger charge is 2.35. The van der Waals surface area contributed by atoms with Crippen LogP contribution in [0.25, 0.3) is 0 Å². The molecule has 1 unspecified atom stereocenters. The summed E-state index contributed by atoms with van der Waals surface area (Å²) in [4.78, 5) is 11.2. The summed E-state index contributed by atoms with van der Waals surface area (Å²) in [7, 11) is 0. The number of nitrogens with two attached hydrogens (primary N) is 1. The molecule has 0 spiro atoms. The lowest BCUT2D eigenvalue weighted by molar-refractivity contribution is 0.245. The van der Waals surface area contributed by atoms with E-state index in [0.29, 0.717) is 13.1 Å². The summed E-state index contributed by atoms with van der Waals surface area (Å²) in [5.74, 6) is 0. The predicted octanol–water partition coefficient (Wildman–Crippen LogP) is 0.673. The molecule has 4 N–H and O–H groups in total. The minimum atomic E-state index is -0.340. The van der Waals surface area contributed by atoms with E-state index in [1.165, 1.54) is 0 Å². The average molecular weight is 205 g/mol. The molecule has 1 aliphatic rings. The molecule has 1 aromatic carbocycles. The van der Waals surface area contributed by atoms with Crippen LogP contribution in [0.1, 0.15) is 18.1 Å². The average Bonchev–Trinajstić information content (AvgIpc) is 2.60. The Bertz CT molecular complexity index is 391. The van der Waals surface area contributed by atoms with E-state index in [1.54, 1.807) is 0 Å². The van der Waals surface area contributed by atoms with Gasteiger partial charge in [0.1, 0.15) is 0 Å². The summed E-state index contributed by atoms with van der Waals surface area (Å²) < 4.78 is 0. The van der Waals surface area contributed by atoms with Gasteiger partial charge in [-0.25, -0.2) is 4.79 Å². The molecule has 1 fully saturated rings. The van der Waals surface area contributed by atoms with Gasteiger partial charge in [0.2, 0.25) is 0 Å². The highest BCUT2D eigenvalue weighted by Crippen LogP contribution is 2.25. The standard InChI is InChI=1S/C11H15N3O/c1-11(7-13-10(15)14-11)9-5-3-2-4-8(9)6-12/h2-5H,6-7,12H2,1H3,(H2,13,14,15). The number of urea groups is 1. The molecule has 4 nitrogen and oxygen atoms in total. The smallest absolute Gasteiger partial charge is 0.315 e. The number of benzene rings is 1. The number of carbonyl (C=O) groups is 1. The Labute approximate surface area is 88.9 Å².